The lowest BCUT2D eigenvalue weighted by molar-refractivity contribution is -0.128. The molecule has 3 aliphatic heterocycles. The quantitative estimate of drug-likeness (QED) is 0.677. The summed E-state index contributed by atoms with van der Waals surface area (Å²) < 4.78 is 22.6. The second-order valence-electron chi connectivity index (χ2n) is 8.08. The number of nitrogens with one attached hydrogen (secondary N) is 2. The van der Waals surface area contributed by atoms with Crippen molar-refractivity contribution in [2.75, 3.05) is 33.9 Å². The Morgan fingerprint density at radius 2 is 1.82 bits per heavy atom. The van der Waals surface area contributed by atoms with E-state index < -0.39 is 12.1 Å². The van der Waals surface area contributed by atoms with E-state index in [1.165, 1.54) is 27.2 Å². The maximum atomic E-state index is 13.1. The number of carbonyl (C=O) groups is 3. The Hall–Kier alpha value is -3.95. The number of hydrogen-bond donors (Lipinski definition) is 2. The fourth-order valence-corrected chi connectivity index (χ4v) is 3.95. The van der Waals surface area contributed by atoms with Crippen molar-refractivity contribution in [3.05, 3.63) is 47.5 Å². The molecule has 2 atom stereocenters. The van der Waals surface area contributed by atoms with Crippen LogP contribution in [-0.2, 0) is 16.1 Å². The first-order valence-electron chi connectivity index (χ1n) is 10.9. The Kier molecular flexibility index (Phi) is 6.76. The number of likely N-dealkylation sites (tertiary alicyclic amines) is 1. The molecule has 0 unspecified atom stereocenters. The summed E-state index contributed by atoms with van der Waals surface area (Å²) in [6.07, 6.45) is -0.489. The Morgan fingerprint density at radius 1 is 1.03 bits per heavy atom. The number of amides is 3. The molecule has 5 rings (SSSR count). The van der Waals surface area contributed by atoms with Crippen LogP contribution in [0.25, 0.3) is 0 Å². The van der Waals surface area contributed by atoms with Gasteiger partial charge >= 0.3 is 0 Å². The van der Waals surface area contributed by atoms with E-state index in [1.807, 2.05) is 6.07 Å². The maximum absolute atomic E-state index is 13.1. The standard InChI is InChI=1S/C24H27N3O7/c1-14(28)27-11-17-22(12-27)34-19-6-4-15(8-20(19)32-3)10-25-23(29)13-33-21-9-16(24(30)26-17)5-7-18(21)31-2/h4-9,17,22H,10-13H2,1-3H3,(H,25,29)(H,26,30)/t17-,22-/m0/s1. The van der Waals surface area contributed by atoms with Gasteiger partial charge in [0.1, 0.15) is 6.10 Å². The Labute approximate surface area is 197 Å². The summed E-state index contributed by atoms with van der Waals surface area (Å²) in [4.78, 5) is 39.1. The molecular weight excluding hydrogens is 442 g/mol. The topological polar surface area (TPSA) is 115 Å². The SMILES string of the molecule is COc1ccc2cc1OCC(=O)NCc1ccc(c(OC)c1)O[C@H]1CN(C(C)=O)C[C@@H]1NC2=O. The van der Waals surface area contributed by atoms with Crippen LogP contribution in [0, 0.1) is 0 Å². The summed E-state index contributed by atoms with van der Waals surface area (Å²) in [6.45, 7) is 2.12. The molecule has 1 saturated heterocycles. The van der Waals surface area contributed by atoms with Gasteiger partial charge in [0.05, 0.1) is 26.8 Å². The average Bonchev–Trinajstić information content (AvgIpc) is 3.23. The molecule has 0 aliphatic carbocycles. The summed E-state index contributed by atoms with van der Waals surface area (Å²) in [6, 6.07) is 9.60. The molecular formula is C24H27N3O7. The third-order valence-electron chi connectivity index (χ3n) is 5.81. The zero-order valence-electron chi connectivity index (χ0n) is 19.3. The lowest BCUT2D eigenvalue weighted by Gasteiger charge is -2.22. The molecule has 0 spiro atoms. The third kappa shape index (κ3) is 5.00. The van der Waals surface area contributed by atoms with E-state index in [-0.39, 0.29) is 36.6 Å². The van der Waals surface area contributed by atoms with Crippen molar-refractivity contribution in [3.8, 4) is 23.0 Å². The number of rotatable bonds is 2. The van der Waals surface area contributed by atoms with Crippen molar-refractivity contribution in [2.24, 2.45) is 0 Å². The first kappa shape index (κ1) is 23.2. The van der Waals surface area contributed by atoms with Crippen LogP contribution in [0.1, 0.15) is 22.8 Å². The second kappa shape index (κ2) is 9.90. The minimum Gasteiger partial charge on any atom is -0.493 e. The van der Waals surface area contributed by atoms with Crippen molar-refractivity contribution in [1.82, 2.24) is 15.5 Å². The normalized spacial score (nSPS) is 20.3. The highest BCUT2D eigenvalue weighted by Crippen LogP contribution is 2.32. The number of fused-ring (bicyclic) bond motifs is 7. The van der Waals surface area contributed by atoms with Crippen molar-refractivity contribution in [1.29, 1.82) is 0 Å². The van der Waals surface area contributed by atoms with E-state index in [0.717, 1.165) is 5.56 Å². The van der Waals surface area contributed by atoms with Crippen LogP contribution in [0.2, 0.25) is 0 Å². The van der Waals surface area contributed by atoms with E-state index in [9.17, 15) is 14.4 Å². The molecule has 2 aromatic carbocycles. The molecule has 180 valence electrons. The summed E-state index contributed by atoms with van der Waals surface area (Å²) in [5, 5.41) is 5.76. The number of methoxy groups -OCH3 is 2. The second-order valence-corrected chi connectivity index (χ2v) is 8.08. The minimum atomic E-state index is -0.489. The summed E-state index contributed by atoms with van der Waals surface area (Å²) in [7, 11) is 3.00. The third-order valence-corrected chi connectivity index (χ3v) is 5.81. The highest BCUT2D eigenvalue weighted by molar-refractivity contribution is 5.95. The van der Waals surface area contributed by atoms with Crippen LogP contribution in [0.15, 0.2) is 36.4 Å². The molecule has 10 heteroatoms. The van der Waals surface area contributed by atoms with Crippen molar-refractivity contribution in [3.63, 3.8) is 0 Å². The predicted octanol–water partition coefficient (Wildman–Crippen LogP) is 1.12. The van der Waals surface area contributed by atoms with Gasteiger partial charge in [-0.05, 0) is 35.9 Å². The summed E-state index contributed by atoms with van der Waals surface area (Å²) in [5.74, 6) is 0.816. The van der Waals surface area contributed by atoms with E-state index >= 15 is 0 Å². The van der Waals surface area contributed by atoms with E-state index in [1.54, 1.807) is 29.2 Å². The molecule has 2 aromatic rings. The number of nitrogens with zero attached hydrogens (tertiary/aromatic N) is 1. The van der Waals surface area contributed by atoms with E-state index in [0.29, 0.717) is 35.9 Å². The smallest absolute Gasteiger partial charge is 0.258 e. The zero-order chi connectivity index (χ0) is 24.2. The van der Waals surface area contributed by atoms with Gasteiger partial charge in [-0.2, -0.15) is 0 Å². The monoisotopic (exact) mass is 469 g/mol. The highest BCUT2D eigenvalue weighted by atomic mass is 16.5. The van der Waals surface area contributed by atoms with E-state index in [4.69, 9.17) is 18.9 Å². The molecule has 3 amide bonds. The molecule has 3 heterocycles. The van der Waals surface area contributed by atoms with Gasteiger partial charge in [-0.15, -0.1) is 0 Å². The molecule has 10 nitrogen and oxygen atoms in total. The molecule has 3 aliphatic rings. The summed E-state index contributed by atoms with van der Waals surface area (Å²) >= 11 is 0. The Bertz CT molecular complexity index is 1100. The lowest BCUT2D eigenvalue weighted by atomic mass is 10.1. The predicted molar refractivity (Wildman–Crippen MR) is 121 cm³/mol. The van der Waals surface area contributed by atoms with Gasteiger partial charge in [-0.25, -0.2) is 0 Å². The minimum absolute atomic E-state index is 0.106. The number of ether oxygens (including phenoxy) is 4. The van der Waals surface area contributed by atoms with Gasteiger partial charge in [0.2, 0.25) is 5.91 Å². The van der Waals surface area contributed by atoms with Crippen molar-refractivity contribution >= 4 is 17.7 Å². The first-order chi connectivity index (χ1) is 16.4. The van der Waals surface area contributed by atoms with Crippen LogP contribution < -0.4 is 29.6 Å². The van der Waals surface area contributed by atoms with Crippen LogP contribution in [-0.4, -0.2) is 68.7 Å². The largest absolute Gasteiger partial charge is 0.493 e. The van der Waals surface area contributed by atoms with Crippen LogP contribution in [0.4, 0.5) is 0 Å². The van der Waals surface area contributed by atoms with Crippen molar-refractivity contribution in [2.45, 2.75) is 25.6 Å². The first-order valence-corrected chi connectivity index (χ1v) is 10.9. The molecule has 34 heavy (non-hydrogen) atoms. The highest BCUT2D eigenvalue weighted by Gasteiger charge is 2.37. The Balaban J connectivity index is 1.70. The maximum Gasteiger partial charge on any atom is 0.258 e. The summed E-state index contributed by atoms with van der Waals surface area (Å²) in [5.41, 5.74) is 1.13. The number of benzene rings is 2. The molecule has 4 bridgehead atoms. The molecule has 0 saturated carbocycles. The Morgan fingerprint density at radius 3 is 2.56 bits per heavy atom. The van der Waals surface area contributed by atoms with Crippen LogP contribution >= 0.6 is 0 Å². The fourth-order valence-electron chi connectivity index (χ4n) is 3.95. The van der Waals surface area contributed by atoms with Gasteiger partial charge in [0.15, 0.2) is 29.6 Å². The fraction of sp³-hybridized carbons (Fsp3) is 0.375. The molecule has 2 N–H and O–H groups in total. The van der Waals surface area contributed by atoms with Crippen LogP contribution in [0.3, 0.4) is 0 Å². The van der Waals surface area contributed by atoms with Gasteiger partial charge in [-0.3, -0.25) is 14.4 Å². The van der Waals surface area contributed by atoms with Crippen molar-refractivity contribution < 1.29 is 33.3 Å². The molecule has 0 aromatic heterocycles. The zero-order valence-corrected chi connectivity index (χ0v) is 19.3. The number of carbonyl (C=O) groups excluding carboxylic acids is 3. The van der Waals surface area contributed by atoms with Gasteiger partial charge in [-0.1, -0.05) is 6.07 Å². The number of hydrogen-bond acceptors (Lipinski definition) is 7. The van der Waals surface area contributed by atoms with Gasteiger partial charge < -0.3 is 34.5 Å². The molecule has 1 fully saturated rings. The van der Waals surface area contributed by atoms with Crippen LogP contribution in [0.5, 0.6) is 23.0 Å². The molecule has 0 radical (unpaired) electrons. The lowest BCUT2D eigenvalue weighted by Crippen LogP contribution is -2.45. The average molecular weight is 469 g/mol. The van der Waals surface area contributed by atoms with Gasteiger partial charge in [0.25, 0.3) is 11.8 Å². The van der Waals surface area contributed by atoms with E-state index in [2.05, 4.69) is 10.6 Å². The van der Waals surface area contributed by atoms with Gasteiger partial charge in [0, 0.05) is 25.6 Å².